The van der Waals surface area contributed by atoms with Crippen LogP contribution in [0.25, 0.3) is 11.2 Å². The van der Waals surface area contributed by atoms with Crippen LogP contribution in [0.2, 0.25) is 0 Å². The quantitative estimate of drug-likeness (QED) is 0.249. The van der Waals surface area contributed by atoms with Gasteiger partial charge < -0.3 is 35.4 Å². The van der Waals surface area contributed by atoms with E-state index in [4.69, 9.17) is 4.74 Å². The lowest BCUT2D eigenvalue weighted by Gasteiger charge is -2.41. The minimum Gasteiger partial charge on any atom is -0.478 e. The Morgan fingerprint density at radius 3 is 2.59 bits per heavy atom. The van der Waals surface area contributed by atoms with Gasteiger partial charge in [-0.2, -0.15) is 0 Å². The molecule has 13 nitrogen and oxygen atoms in total. The highest BCUT2D eigenvalue weighted by molar-refractivity contribution is 5.88. The number of ether oxygens (including phenoxy) is 1. The highest BCUT2D eigenvalue weighted by atomic mass is 16.6. The molecule has 4 heterocycles. The van der Waals surface area contributed by atoms with Crippen LogP contribution in [0, 0.1) is 0 Å². The predicted molar refractivity (Wildman–Crippen MR) is 92.3 cm³/mol. The molecule has 0 amide bonds. The van der Waals surface area contributed by atoms with Gasteiger partial charge >= 0.3 is 5.97 Å². The van der Waals surface area contributed by atoms with E-state index in [9.17, 15) is 35.4 Å². The summed E-state index contributed by atoms with van der Waals surface area (Å²) in [5.41, 5.74) is -3.63. The molecule has 0 aromatic carbocycles. The Kier molecular flexibility index (Phi) is 4.31. The summed E-state index contributed by atoms with van der Waals surface area (Å²) in [7, 11) is 0. The molecule has 0 bridgehead atoms. The molecule has 13 heteroatoms. The van der Waals surface area contributed by atoms with Crippen molar-refractivity contribution in [1.29, 1.82) is 0 Å². The monoisotopic (exact) mass is 412 g/mol. The molecule has 2 aliphatic rings. The number of aliphatic hydroxyl groups excluding tert-OH is 4. The third-order valence-electron chi connectivity index (χ3n) is 5.69. The summed E-state index contributed by atoms with van der Waals surface area (Å²) in [6.45, 7) is 1.98. The number of rotatable bonds is 3. The maximum Gasteiger partial charge on any atom is 0.346 e. The molecular weight excluding hydrogens is 390 g/mol. The zero-order chi connectivity index (χ0) is 21.3. The van der Waals surface area contributed by atoms with Gasteiger partial charge in [0.25, 0.3) is 5.82 Å². The van der Waals surface area contributed by atoms with Crippen molar-refractivity contribution in [3.8, 4) is 0 Å². The van der Waals surface area contributed by atoms with Crippen LogP contribution in [0.15, 0.2) is 12.7 Å². The third kappa shape index (κ3) is 2.56. The van der Waals surface area contributed by atoms with Crippen LogP contribution in [0.5, 0.6) is 0 Å². The Bertz CT molecular complexity index is 980. The standard InChI is InChI=1S/C16H21N5O8/c1-15(14(26)27)13(25)16(2,28)21-5-18-10-7(11(21)19-15)17-4-20(10)12-9(24)8(23)6(3-22)29-12/h4-6,8-9,12-13,22-25,28H,3H2,1-2H3,(H,26,27)/p+1/t6-,8?,9+,12-,13?,15?,16?/m1/s1. The number of carboxylic acid groups (broad SMARTS) is 1. The molecule has 7 atom stereocenters. The number of anilines is 1. The lowest BCUT2D eigenvalue weighted by Crippen LogP contribution is -2.75. The van der Waals surface area contributed by atoms with Crippen LogP contribution in [0.3, 0.4) is 0 Å². The van der Waals surface area contributed by atoms with Crippen LogP contribution in [0.4, 0.5) is 5.82 Å². The number of hydrogen-bond donors (Lipinski definition) is 7. The number of aliphatic hydroxyl groups is 5. The van der Waals surface area contributed by atoms with E-state index < -0.39 is 54.5 Å². The molecule has 7 N–H and O–H groups in total. The molecule has 2 aliphatic heterocycles. The van der Waals surface area contributed by atoms with Gasteiger partial charge in [0.05, 0.1) is 6.61 Å². The van der Waals surface area contributed by atoms with Crippen LogP contribution < -0.4 is 9.88 Å². The normalized spacial score (nSPS) is 39.3. The maximum atomic E-state index is 11.8. The largest absolute Gasteiger partial charge is 0.478 e. The SMILES string of the molecule is CC1(C(=O)O)Nc2c3ncn([C@@H]4O[C@H](CO)C(O)[C@@H]4O)c3nc[n+]2C(C)(O)C1O. The van der Waals surface area contributed by atoms with Gasteiger partial charge in [-0.05, 0) is 6.92 Å². The van der Waals surface area contributed by atoms with E-state index in [1.165, 1.54) is 35.6 Å². The van der Waals surface area contributed by atoms with E-state index in [2.05, 4.69) is 15.3 Å². The molecular formula is C16H22N5O8+. The number of aliphatic carboxylic acids is 1. The first kappa shape index (κ1) is 19.9. The van der Waals surface area contributed by atoms with Gasteiger partial charge in [0, 0.05) is 6.92 Å². The Hall–Kier alpha value is -2.42. The van der Waals surface area contributed by atoms with Gasteiger partial charge in [-0.15, -0.1) is 0 Å². The van der Waals surface area contributed by atoms with Gasteiger partial charge in [0.15, 0.2) is 17.8 Å². The molecule has 0 aliphatic carbocycles. The summed E-state index contributed by atoms with van der Waals surface area (Å²) in [5, 5.41) is 63.1. The van der Waals surface area contributed by atoms with Gasteiger partial charge in [0.1, 0.15) is 24.6 Å². The molecule has 0 radical (unpaired) electrons. The second-order valence-corrected chi connectivity index (χ2v) is 7.65. The fraction of sp³-hybridized carbons (Fsp3) is 0.625. The maximum absolute atomic E-state index is 11.8. The third-order valence-corrected chi connectivity index (χ3v) is 5.69. The molecule has 1 saturated heterocycles. The van der Waals surface area contributed by atoms with E-state index in [-0.39, 0.29) is 17.0 Å². The Morgan fingerprint density at radius 2 is 2.00 bits per heavy atom. The van der Waals surface area contributed by atoms with Gasteiger partial charge in [0.2, 0.25) is 23.2 Å². The van der Waals surface area contributed by atoms with Crippen molar-refractivity contribution >= 4 is 23.0 Å². The molecule has 158 valence electrons. The van der Waals surface area contributed by atoms with Crippen molar-refractivity contribution in [3.05, 3.63) is 12.7 Å². The predicted octanol–water partition coefficient (Wildman–Crippen LogP) is -3.37. The highest BCUT2D eigenvalue weighted by Gasteiger charge is 2.60. The van der Waals surface area contributed by atoms with Crippen molar-refractivity contribution in [2.45, 2.75) is 55.8 Å². The molecule has 4 rings (SSSR count). The fourth-order valence-corrected chi connectivity index (χ4v) is 3.86. The van der Waals surface area contributed by atoms with Gasteiger partial charge in [-0.3, -0.25) is 9.88 Å². The van der Waals surface area contributed by atoms with Gasteiger partial charge in [-0.25, -0.2) is 14.3 Å². The molecule has 0 saturated carbocycles. The van der Waals surface area contributed by atoms with Crippen molar-refractivity contribution in [1.82, 2.24) is 14.5 Å². The number of nitrogens with zero attached hydrogens (tertiary/aromatic N) is 4. The van der Waals surface area contributed by atoms with Crippen LogP contribution in [-0.2, 0) is 15.3 Å². The molecule has 2 aromatic rings. The summed E-state index contributed by atoms with van der Waals surface area (Å²) in [6.07, 6.45) is -4.03. The smallest absolute Gasteiger partial charge is 0.346 e. The zero-order valence-electron chi connectivity index (χ0n) is 15.5. The van der Waals surface area contributed by atoms with Crippen molar-refractivity contribution < 1.29 is 44.7 Å². The molecule has 2 aromatic heterocycles. The van der Waals surface area contributed by atoms with Crippen molar-refractivity contribution in [2.75, 3.05) is 11.9 Å². The first-order chi connectivity index (χ1) is 13.5. The fourth-order valence-electron chi connectivity index (χ4n) is 3.86. The number of hydrogen-bond acceptors (Lipinski definition) is 10. The average Bonchev–Trinajstić information content (AvgIpc) is 3.21. The number of imidazole rings is 1. The summed E-state index contributed by atoms with van der Waals surface area (Å²) in [6, 6.07) is 0. The van der Waals surface area contributed by atoms with Gasteiger partial charge in [-0.1, -0.05) is 4.98 Å². The van der Waals surface area contributed by atoms with Crippen LogP contribution in [0.1, 0.15) is 20.1 Å². The molecule has 1 fully saturated rings. The first-order valence-electron chi connectivity index (χ1n) is 8.86. The number of nitrogens with one attached hydrogen (secondary N) is 1. The van der Waals surface area contributed by atoms with Crippen LogP contribution in [-0.4, -0.2) is 87.7 Å². The zero-order valence-corrected chi connectivity index (χ0v) is 15.5. The Morgan fingerprint density at radius 1 is 1.31 bits per heavy atom. The molecule has 4 unspecified atom stereocenters. The minimum atomic E-state index is -2.01. The van der Waals surface area contributed by atoms with E-state index in [1.54, 1.807) is 0 Å². The Labute approximate surface area is 163 Å². The number of carboxylic acids is 1. The summed E-state index contributed by atoms with van der Waals surface area (Å²) in [5.74, 6) is -1.30. The van der Waals surface area contributed by atoms with Crippen molar-refractivity contribution in [2.24, 2.45) is 0 Å². The molecule has 0 spiro atoms. The summed E-state index contributed by atoms with van der Waals surface area (Å²) < 4.78 is 7.99. The highest BCUT2D eigenvalue weighted by Crippen LogP contribution is 2.36. The topological polar surface area (TPSA) is 194 Å². The average molecular weight is 412 g/mol. The van der Waals surface area contributed by atoms with E-state index in [0.717, 1.165) is 0 Å². The van der Waals surface area contributed by atoms with Crippen LogP contribution >= 0.6 is 0 Å². The second-order valence-electron chi connectivity index (χ2n) is 7.65. The van der Waals surface area contributed by atoms with E-state index in [0.29, 0.717) is 0 Å². The number of carbonyl (C=O) groups is 1. The molecule has 29 heavy (non-hydrogen) atoms. The second kappa shape index (κ2) is 6.29. The minimum absolute atomic E-state index is 0.0840. The Balaban J connectivity index is 1.86. The summed E-state index contributed by atoms with van der Waals surface area (Å²) >= 11 is 0. The lowest BCUT2D eigenvalue weighted by atomic mass is 9.85. The van der Waals surface area contributed by atoms with Crippen molar-refractivity contribution in [3.63, 3.8) is 0 Å². The van der Waals surface area contributed by atoms with E-state index >= 15 is 0 Å². The lowest BCUT2D eigenvalue weighted by molar-refractivity contribution is -0.807. The first-order valence-corrected chi connectivity index (χ1v) is 8.86. The number of fused-ring (bicyclic) bond motifs is 3. The summed E-state index contributed by atoms with van der Waals surface area (Å²) in [4.78, 5) is 20.2. The number of aromatic nitrogens is 4. The van der Waals surface area contributed by atoms with E-state index in [1.807, 2.05) is 0 Å².